The zero-order valence-corrected chi connectivity index (χ0v) is 10.9. The van der Waals surface area contributed by atoms with Gasteiger partial charge in [0.05, 0.1) is 25.9 Å². The predicted octanol–water partition coefficient (Wildman–Crippen LogP) is 1.92. The standard InChI is InChI=1S/C10H16O4S2/c1-2-11-9(15)16-7-8-6-13-10(14-8)4-3-5-12-10/h8H,2-7H2,1H3. The third-order valence-electron chi connectivity index (χ3n) is 2.43. The number of ether oxygens (including phenoxy) is 4. The highest BCUT2D eigenvalue weighted by atomic mass is 32.2. The van der Waals surface area contributed by atoms with Crippen molar-refractivity contribution in [2.45, 2.75) is 31.8 Å². The highest BCUT2D eigenvalue weighted by Crippen LogP contribution is 2.35. The van der Waals surface area contributed by atoms with E-state index < -0.39 is 5.97 Å². The van der Waals surface area contributed by atoms with Crippen molar-refractivity contribution in [3.05, 3.63) is 0 Å². The van der Waals surface area contributed by atoms with Crippen molar-refractivity contribution in [1.82, 2.24) is 0 Å². The molecule has 2 atom stereocenters. The first kappa shape index (κ1) is 12.6. The van der Waals surface area contributed by atoms with Gasteiger partial charge in [0.25, 0.3) is 5.97 Å². The third kappa shape index (κ3) is 3.07. The van der Waals surface area contributed by atoms with E-state index in [1.165, 1.54) is 11.8 Å². The Morgan fingerprint density at radius 3 is 3.12 bits per heavy atom. The highest BCUT2D eigenvalue weighted by Gasteiger charge is 2.45. The first-order chi connectivity index (χ1) is 7.74. The first-order valence-corrected chi connectivity index (χ1v) is 6.89. The Hall–Kier alpha value is 0.120. The Bertz CT molecular complexity index is 253. The van der Waals surface area contributed by atoms with Gasteiger partial charge in [-0.05, 0) is 25.6 Å². The molecule has 2 heterocycles. The van der Waals surface area contributed by atoms with Crippen molar-refractivity contribution in [1.29, 1.82) is 0 Å². The molecule has 6 heteroatoms. The summed E-state index contributed by atoms with van der Waals surface area (Å²) in [5.41, 5.74) is 0. The molecule has 16 heavy (non-hydrogen) atoms. The van der Waals surface area contributed by atoms with Crippen LogP contribution >= 0.6 is 24.0 Å². The van der Waals surface area contributed by atoms with E-state index in [9.17, 15) is 0 Å². The van der Waals surface area contributed by atoms with Gasteiger partial charge in [0.15, 0.2) is 0 Å². The maximum absolute atomic E-state index is 5.76. The SMILES string of the molecule is CCOC(=S)SCC1COC2(CCCO2)O1. The minimum Gasteiger partial charge on any atom is -0.479 e. The molecule has 2 rings (SSSR count). The molecular formula is C10H16O4S2. The van der Waals surface area contributed by atoms with E-state index in [4.69, 9.17) is 31.2 Å². The summed E-state index contributed by atoms with van der Waals surface area (Å²) in [6.07, 6.45) is 1.86. The van der Waals surface area contributed by atoms with Crippen molar-refractivity contribution in [3.63, 3.8) is 0 Å². The van der Waals surface area contributed by atoms with Crippen molar-refractivity contribution in [2.24, 2.45) is 0 Å². The van der Waals surface area contributed by atoms with Crippen LogP contribution in [0.15, 0.2) is 0 Å². The lowest BCUT2D eigenvalue weighted by molar-refractivity contribution is -0.312. The second-order valence-electron chi connectivity index (χ2n) is 3.68. The van der Waals surface area contributed by atoms with Gasteiger partial charge in [-0.2, -0.15) is 0 Å². The smallest absolute Gasteiger partial charge is 0.283 e. The first-order valence-electron chi connectivity index (χ1n) is 5.49. The molecule has 0 aromatic rings. The van der Waals surface area contributed by atoms with E-state index in [1.54, 1.807) is 0 Å². The monoisotopic (exact) mass is 264 g/mol. The maximum Gasteiger partial charge on any atom is 0.283 e. The molecule has 2 aliphatic rings. The number of hydrogen-bond acceptors (Lipinski definition) is 6. The van der Waals surface area contributed by atoms with E-state index in [2.05, 4.69) is 0 Å². The molecule has 4 nitrogen and oxygen atoms in total. The molecule has 2 aliphatic heterocycles. The van der Waals surface area contributed by atoms with Gasteiger partial charge in [-0.1, -0.05) is 11.8 Å². The van der Waals surface area contributed by atoms with Crippen LogP contribution < -0.4 is 0 Å². The fourth-order valence-corrected chi connectivity index (χ4v) is 2.75. The zero-order valence-electron chi connectivity index (χ0n) is 9.27. The van der Waals surface area contributed by atoms with Crippen molar-refractivity contribution >= 4 is 28.4 Å². The van der Waals surface area contributed by atoms with Crippen LogP contribution in [0.4, 0.5) is 0 Å². The van der Waals surface area contributed by atoms with Gasteiger partial charge >= 0.3 is 0 Å². The van der Waals surface area contributed by atoms with E-state index in [0.717, 1.165) is 25.2 Å². The lowest BCUT2D eigenvalue weighted by Crippen LogP contribution is -2.29. The molecule has 1 spiro atoms. The Labute approximate surface area is 105 Å². The summed E-state index contributed by atoms with van der Waals surface area (Å²) in [4.78, 5) is 0. The van der Waals surface area contributed by atoms with E-state index in [1.807, 2.05) is 6.92 Å². The topological polar surface area (TPSA) is 36.9 Å². The van der Waals surface area contributed by atoms with Crippen LogP contribution in [-0.2, 0) is 18.9 Å². The van der Waals surface area contributed by atoms with Crippen molar-refractivity contribution in [2.75, 3.05) is 25.6 Å². The fraction of sp³-hybridized carbons (Fsp3) is 0.900. The number of hydrogen-bond donors (Lipinski definition) is 0. The molecule has 2 unspecified atom stereocenters. The normalized spacial score (nSPS) is 33.4. The van der Waals surface area contributed by atoms with Crippen LogP contribution in [0.2, 0.25) is 0 Å². The summed E-state index contributed by atoms with van der Waals surface area (Å²) >= 11 is 6.52. The number of thioether (sulfide) groups is 1. The minimum absolute atomic E-state index is 0.0431. The summed E-state index contributed by atoms with van der Waals surface area (Å²) in [7, 11) is 0. The van der Waals surface area contributed by atoms with Gasteiger partial charge in [0.2, 0.25) is 4.38 Å². The Morgan fingerprint density at radius 2 is 2.44 bits per heavy atom. The molecule has 92 valence electrons. The van der Waals surface area contributed by atoms with Crippen LogP contribution in [0.3, 0.4) is 0 Å². The molecule has 0 bridgehead atoms. The quantitative estimate of drug-likeness (QED) is 0.725. The van der Waals surface area contributed by atoms with Crippen LogP contribution in [-0.4, -0.2) is 42.0 Å². The Kier molecular flexibility index (Phi) is 4.43. The molecule has 0 radical (unpaired) electrons. The molecule has 2 fully saturated rings. The second-order valence-corrected chi connectivity index (χ2v) is 5.30. The molecule has 0 N–H and O–H groups in total. The average molecular weight is 264 g/mol. The average Bonchev–Trinajstić information content (AvgIpc) is 2.88. The maximum atomic E-state index is 5.76. The highest BCUT2D eigenvalue weighted by molar-refractivity contribution is 8.22. The minimum atomic E-state index is -0.752. The van der Waals surface area contributed by atoms with Crippen molar-refractivity contribution in [3.8, 4) is 0 Å². The van der Waals surface area contributed by atoms with Gasteiger partial charge in [-0.15, -0.1) is 0 Å². The summed E-state index contributed by atoms with van der Waals surface area (Å²) in [5, 5.41) is 0. The lowest BCUT2D eigenvalue weighted by Gasteiger charge is -2.20. The van der Waals surface area contributed by atoms with Crippen LogP contribution in [0.25, 0.3) is 0 Å². The van der Waals surface area contributed by atoms with Gasteiger partial charge < -0.3 is 18.9 Å². The van der Waals surface area contributed by atoms with E-state index in [0.29, 0.717) is 17.6 Å². The van der Waals surface area contributed by atoms with E-state index in [-0.39, 0.29) is 6.10 Å². The zero-order chi connectivity index (χ0) is 11.4. The van der Waals surface area contributed by atoms with Gasteiger partial charge in [-0.3, -0.25) is 0 Å². The number of thiocarbonyl (C=S) groups is 1. The van der Waals surface area contributed by atoms with Crippen LogP contribution in [0, 0.1) is 0 Å². The van der Waals surface area contributed by atoms with Crippen LogP contribution in [0.1, 0.15) is 19.8 Å². The molecular weight excluding hydrogens is 248 g/mol. The molecule has 0 amide bonds. The summed E-state index contributed by atoms with van der Waals surface area (Å²) in [6.45, 7) is 3.82. The molecule has 0 aromatic heterocycles. The second kappa shape index (κ2) is 5.64. The fourth-order valence-electron chi connectivity index (χ4n) is 1.74. The van der Waals surface area contributed by atoms with Crippen molar-refractivity contribution < 1.29 is 18.9 Å². The molecule has 0 aromatic carbocycles. The van der Waals surface area contributed by atoms with E-state index >= 15 is 0 Å². The van der Waals surface area contributed by atoms with Gasteiger partial charge in [-0.25, -0.2) is 0 Å². The van der Waals surface area contributed by atoms with Crippen LogP contribution in [0.5, 0.6) is 0 Å². The summed E-state index contributed by atoms with van der Waals surface area (Å²) in [6, 6.07) is 0. The largest absolute Gasteiger partial charge is 0.479 e. The lowest BCUT2D eigenvalue weighted by atomic mass is 10.3. The van der Waals surface area contributed by atoms with Gasteiger partial charge in [0, 0.05) is 12.2 Å². The molecule has 2 saturated heterocycles. The summed E-state index contributed by atoms with van der Waals surface area (Å²) < 4.78 is 22.5. The third-order valence-corrected chi connectivity index (χ3v) is 3.80. The summed E-state index contributed by atoms with van der Waals surface area (Å²) in [5.74, 6) is 0.00238. The number of rotatable bonds is 3. The molecule has 0 saturated carbocycles. The Morgan fingerprint density at radius 1 is 1.56 bits per heavy atom. The molecule has 0 aliphatic carbocycles. The predicted molar refractivity (Wildman–Crippen MR) is 65.4 cm³/mol. The Balaban J connectivity index is 1.70. The van der Waals surface area contributed by atoms with Gasteiger partial charge in [0.1, 0.15) is 0 Å².